The van der Waals surface area contributed by atoms with Crippen LogP contribution in [0.2, 0.25) is 0 Å². The molecule has 0 N–H and O–H groups in total. The maximum absolute atomic E-state index is 12.5. The normalized spacial score (nSPS) is 10.9. The van der Waals surface area contributed by atoms with Gasteiger partial charge in [-0.2, -0.15) is 0 Å². The maximum Gasteiger partial charge on any atom is 0.285 e. The summed E-state index contributed by atoms with van der Waals surface area (Å²) in [4.78, 5) is 47.3. The van der Waals surface area contributed by atoms with Crippen molar-refractivity contribution < 1.29 is 14.4 Å². The van der Waals surface area contributed by atoms with Crippen LogP contribution in [0.1, 0.15) is 16.7 Å². The lowest BCUT2D eigenvalue weighted by Crippen LogP contribution is -2.24. The lowest BCUT2D eigenvalue weighted by Gasteiger charge is -2.26. The van der Waals surface area contributed by atoms with Crippen LogP contribution in [0.15, 0.2) is 87.5 Å². The van der Waals surface area contributed by atoms with Crippen molar-refractivity contribution in [3.63, 3.8) is 0 Å². The van der Waals surface area contributed by atoms with Crippen molar-refractivity contribution >= 4 is 51.0 Å². The number of hydrogen-bond donors (Lipinski definition) is 0. The zero-order chi connectivity index (χ0) is 29.2. The van der Waals surface area contributed by atoms with Gasteiger partial charge in [-0.25, -0.2) is 0 Å². The summed E-state index contributed by atoms with van der Waals surface area (Å²) in [7, 11) is 10.5. The first-order chi connectivity index (χ1) is 19.0. The highest BCUT2D eigenvalue weighted by atomic mass is 32.2. The molecule has 0 fully saturated rings. The van der Waals surface area contributed by atoms with E-state index >= 15 is 0 Å². The molecule has 0 unspecified atom stereocenters. The molecule has 10 heteroatoms. The van der Waals surface area contributed by atoms with E-state index in [0.717, 1.165) is 31.4 Å². The van der Waals surface area contributed by atoms with E-state index in [0.29, 0.717) is 19.6 Å². The molecular formula is C30H36N4O3S3. The molecule has 0 aliphatic rings. The van der Waals surface area contributed by atoms with Crippen molar-refractivity contribution in [2.75, 3.05) is 42.3 Å². The third-order valence-corrected chi connectivity index (χ3v) is 9.26. The number of thioether (sulfide) groups is 3. The highest BCUT2D eigenvalue weighted by molar-refractivity contribution is 8.14. The molecule has 0 bridgehead atoms. The molecule has 3 amide bonds. The maximum atomic E-state index is 12.5. The second-order valence-electron chi connectivity index (χ2n) is 9.76. The van der Waals surface area contributed by atoms with Crippen LogP contribution in [0.4, 0.5) is 14.4 Å². The molecule has 3 aromatic rings. The second-order valence-corrected chi connectivity index (χ2v) is 12.7. The van der Waals surface area contributed by atoms with Gasteiger partial charge in [0.15, 0.2) is 0 Å². The minimum Gasteiger partial charge on any atom is -0.339 e. The molecule has 0 saturated heterocycles. The van der Waals surface area contributed by atoms with Gasteiger partial charge in [0.2, 0.25) is 0 Å². The minimum absolute atomic E-state index is 0.0353. The molecule has 0 saturated carbocycles. The molecule has 0 aromatic heterocycles. The Balaban J connectivity index is 1.98. The molecule has 7 nitrogen and oxygen atoms in total. The van der Waals surface area contributed by atoms with Crippen LogP contribution in [-0.4, -0.2) is 77.6 Å². The lowest BCUT2D eigenvalue weighted by atomic mass is 10.1. The number of carbonyl (C=O) groups excluding carboxylic acids is 3. The zero-order valence-corrected chi connectivity index (χ0v) is 26.2. The number of benzene rings is 3. The molecule has 0 aliphatic heterocycles. The summed E-state index contributed by atoms with van der Waals surface area (Å²) in [6.07, 6.45) is 0. The van der Waals surface area contributed by atoms with Gasteiger partial charge in [-0.1, -0.05) is 54.6 Å². The molecule has 0 atom stereocenters. The van der Waals surface area contributed by atoms with E-state index in [1.165, 1.54) is 35.3 Å². The Morgan fingerprint density at radius 2 is 0.725 bits per heavy atom. The number of nitrogens with zero attached hydrogens (tertiary/aromatic N) is 4. The summed E-state index contributed by atoms with van der Waals surface area (Å²) in [5, 5.41) is -0.106. The Hall–Kier alpha value is -2.92. The van der Waals surface area contributed by atoms with Gasteiger partial charge in [-0.3, -0.25) is 19.3 Å². The molecule has 3 aromatic carbocycles. The van der Waals surface area contributed by atoms with Gasteiger partial charge in [-0.05, 0) is 70.2 Å². The summed E-state index contributed by atoms with van der Waals surface area (Å²) >= 11 is 3.64. The van der Waals surface area contributed by atoms with Crippen molar-refractivity contribution in [3.05, 3.63) is 89.5 Å². The van der Waals surface area contributed by atoms with Crippen LogP contribution in [0, 0.1) is 0 Å². The first-order valence-corrected chi connectivity index (χ1v) is 15.1. The molecule has 212 valence electrons. The third kappa shape index (κ3) is 9.33. The zero-order valence-electron chi connectivity index (χ0n) is 23.8. The predicted molar refractivity (Wildman–Crippen MR) is 167 cm³/mol. The molecule has 3 rings (SSSR count). The summed E-state index contributed by atoms with van der Waals surface area (Å²) < 4.78 is 0. The Kier molecular flexibility index (Phi) is 12.0. The van der Waals surface area contributed by atoms with E-state index in [1.54, 1.807) is 57.0 Å². The second kappa shape index (κ2) is 15.2. The monoisotopic (exact) mass is 596 g/mol. The average molecular weight is 597 g/mol. The molecule has 0 heterocycles. The van der Waals surface area contributed by atoms with Crippen molar-refractivity contribution in [2.24, 2.45) is 0 Å². The van der Waals surface area contributed by atoms with Crippen LogP contribution < -0.4 is 0 Å². The van der Waals surface area contributed by atoms with Gasteiger partial charge < -0.3 is 14.7 Å². The Morgan fingerprint density at radius 3 is 0.975 bits per heavy atom. The van der Waals surface area contributed by atoms with Gasteiger partial charge in [0.05, 0.1) is 0 Å². The van der Waals surface area contributed by atoms with Gasteiger partial charge in [0, 0.05) is 76.6 Å². The van der Waals surface area contributed by atoms with Gasteiger partial charge in [0.1, 0.15) is 0 Å². The number of amides is 3. The minimum atomic E-state index is -0.0353. The Labute approximate surface area is 250 Å². The molecule has 0 radical (unpaired) electrons. The first kappa shape index (κ1) is 31.6. The predicted octanol–water partition coefficient (Wildman–Crippen LogP) is 7.21. The largest absolute Gasteiger partial charge is 0.339 e. The molecule has 0 aliphatic carbocycles. The standard InChI is InChI=1S/C30H36N4O3S3/c1-31(2)28(35)38-25-16-10-7-13-22(25)19-34(20-23-14-8-11-17-26(23)39-29(36)32(3)4)21-24-15-9-12-18-27(24)40-30(37)33(5)6/h7-18H,19-21H2,1-6H3. The van der Waals surface area contributed by atoms with E-state index < -0.39 is 0 Å². The van der Waals surface area contributed by atoms with Crippen molar-refractivity contribution in [2.45, 2.75) is 34.3 Å². The van der Waals surface area contributed by atoms with Gasteiger partial charge in [-0.15, -0.1) is 0 Å². The van der Waals surface area contributed by atoms with Crippen molar-refractivity contribution in [3.8, 4) is 0 Å². The van der Waals surface area contributed by atoms with E-state index in [2.05, 4.69) is 4.90 Å². The summed E-state index contributed by atoms with van der Waals surface area (Å²) in [5.41, 5.74) is 3.10. The number of rotatable bonds is 9. The quantitative estimate of drug-likeness (QED) is 0.242. The van der Waals surface area contributed by atoms with Crippen LogP contribution in [-0.2, 0) is 19.6 Å². The summed E-state index contributed by atoms with van der Waals surface area (Å²) in [6.45, 7) is 1.72. The third-order valence-electron chi connectivity index (χ3n) is 5.79. The fourth-order valence-corrected chi connectivity index (χ4v) is 5.99. The van der Waals surface area contributed by atoms with Crippen LogP contribution in [0.3, 0.4) is 0 Å². The Bertz CT molecular complexity index is 1170. The number of hydrogen-bond acceptors (Lipinski definition) is 7. The number of carbonyl (C=O) groups is 3. The SMILES string of the molecule is CN(C)C(=O)Sc1ccccc1CN(Cc1ccccc1SC(=O)N(C)C)Cc1ccccc1SC(=O)N(C)C. The molecule has 40 heavy (non-hydrogen) atoms. The van der Waals surface area contributed by atoms with Gasteiger partial charge in [0.25, 0.3) is 15.7 Å². The smallest absolute Gasteiger partial charge is 0.285 e. The molecular weight excluding hydrogens is 561 g/mol. The molecule has 0 spiro atoms. The highest BCUT2D eigenvalue weighted by Crippen LogP contribution is 2.31. The van der Waals surface area contributed by atoms with Crippen LogP contribution in [0.25, 0.3) is 0 Å². The van der Waals surface area contributed by atoms with E-state index in [9.17, 15) is 14.4 Å². The summed E-state index contributed by atoms with van der Waals surface area (Å²) in [6, 6.07) is 23.8. The Morgan fingerprint density at radius 1 is 0.475 bits per heavy atom. The summed E-state index contributed by atoms with van der Waals surface area (Å²) in [5.74, 6) is 0. The van der Waals surface area contributed by atoms with Crippen molar-refractivity contribution in [1.29, 1.82) is 0 Å². The average Bonchev–Trinajstić information content (AvgIpc) is 2.91. The first-order valence-electron chi connectivity index (χ1n) is 12.7. The van der Waals surface area contributed by atoms with E-state index in [4.69, 9.17) is 0 Å². The van der Waals surface area contributed by atoms with Crippen LogP contribution in [0.5, 0.6) is 0 Å². The van der Waals surface area contributed by atoms with E-state index in [1.807, 2.05) is 72.8 Å². The lowest BCUT2D eigenvalue weighted by molar-refractivity contribution is 0.239. The van der Waals surface area contributed by atoms with E-state index in [-0.39, 0.29) is 15.7 Å². The highest BCUT2D eigenvalue weighted by Gasteiger charge is 2.19. The fourth-order valence-electron chi connectivity index (χ4n) is 3.65. The van der Waals surface area contributed by atoms with Crippen molar-refractivity contribution in [1.82, 2.24) is 19.6 Å². The van der Waals surface area contributed by atoms with Crippen LogP contribution >= 0.6 is 35.3 Å². The topological polar surface area (TPSA) is 64.2 Å². The van der Waals surface area contributed by atoms with Gasteiger partial charge >= 0.3 is 0 Å². The fraction of sp³-hybridized carbons (Fsp3) is 0.300.